The number of rotatable bonds is 12. The summed E-state index contributed by atoms with van der Waals surface area (Å²) >= 11 is 0. The number of hydrogen-bond acceptors (Lipinski definition) is 1. The van der Waals surface area contributed by atoms with Crippen molar-refractivity contribution in [3.05, 3.63) is 60.4 Å². The lowest BCUT2D eigenvalue weighted by Crippen LogP contribution is -2.18. The monoisotopic (exact) mass is 374 g/mol. The first-order chi connectivity index (χ1) is 12.7. The van der Waals surface area contributed by atoms with Gasteiger partial charge in [0, 0.05) is 16.8 Å². The van der Waals surface area contributed by atoms with Crippen LogP contribution in [0.3, 0.4) is 0 Å². The van der Waals surface area contributed by atoms with Gasteiger partial charge in [0.15, 0.2) is 0 Å². The van der Waals surface area contributed by atoms with Crippen molar-refractivity contribution in [1.82, 2.24) is 0 Å². The van der Waals surface area contributed by atoms with E-state index in [1.807, 2.05) is 30.3 Å². The second-order valence-electron chi connectivity index (χ2n) is 7.10. The largest absolute Gasteiger partial charge is 0.314 e. The van der Waals surface area contributed by atoms with Crippen LogP contribution in [0.15, 0.2) is 54.6 Å². The maximum absolute atomic E-state index is 13.8. The van der Waals surface area contributed by atoms with Crippen molar-refractivity contribution < 1.29 is 8.96 Å². The van der Waals surface area contributed by atoms with Gasteiger partial charge >= 0.3 is 0 Å². The summed E-state index contributed by atoms with van der Waals surface area (Å²) in [5.41, 5.74) is 0. The fourth-order valence-electron chi connectivity index (χ4n) is 3.40. The molecule has 1 nitrogen and oxygen atoms in total. The van der Waals surface area contributed by atoms with Gasteiger partial charge in [-0.05, 0) is 30.7 Å². The molecule has 0 radical (unpaired) electrons. The van der Waals surface area contributed by atoms with Crippen molar-refractivity contribution in [2.75, 3.05) is 6.16 Å². The predicted molar refractivity (Wildman–Crippen MR) is 112 cm³/mol. The van der Waals surface area contributed by atoms with Crippen molar-refractivity contribution in [1.29, 1.82) is 0 Å². The topological polar surface area (TPSA) is 17.1 Å². The van der Waals surface area contributed by atoms with E-state index in [0.29, 0.717) is 6.16 Å². The predicted octanol–water partition coefficient (Wildman–Crippen LogP) is 6.67. The fourth-order valence-corrected chi connectivity index (χ4v) is 6.17. The minimum Gasteiger partial charge on any atom is -0.314 e. The Balaban J connectivity index is 1.90. The lowest BCUT2D eigenvalue weighted by molar-refractivity contribution is 0.566. The average molecular weight is 374 g/mol. The van der Waals surface area contributed by atoms with E-state index in [-0.39, 0.29) is 5.82 Å². The Morgan fingerprint density at radius 2 is 1.19 bits per heavy atom. The zero-order valence-electron chi connectivity index (χ0n) is 16.0. The van der Waals surface area contributed by atoms with Gasteiger partial charge in [-0.2, -0.15) is 0 Å². The Morgan fingerprint density at radius 1 is 0.692 bits per heavy atom. The molecule has 0 fully saturated rings. The number of benzene rings is 2. The van der Waals surface area contributed by atoms with Crippen LogP contribution in [0.25, 0.3) is 0 Å². The van der Waals surface area contributed by atoms with Gasteiger partial charge in [0.1, 0.15) is 13.0 Å². The third-order valence-corrected chi connectivity index (χ3v) is 8.20. The maximum atomic E-state index is 13.8. The SMILES string of the molecule is CCCCCCCCCCCP(=O)(c1ccccc1)c1ccc(F)cc1. The lowest BCUT2D eigenvalue weighted by Gasteiger charge is -2.19. The van der Waals surface area contributed by atoms with Gasteiger partial charge in [-0.3, -0.25) is 0 Å². The molecule has 0 amide bonds. The van der Waals surface area contributed by atoms with Crippen LogP contribution >= 0.6 is 7.14 Å². The molecule has 2 aromatic carbocycles. The second kappa shape index (κ2) is 11.3. The highest BCUT2D eigenvalue weighted by atomic mass is 31.2. The average Bonchev–Trinajstić information content (AvgIpc) is 2.67. The van der Waals surface area contributed by atoms with Crippen LogP contribution in [-0.4, -0.2) is 6.16 Å². The minimum atomic E-state index is -2.68. The number of hydrogen-bond donors (Lipinski definition) is 0. The van der Waals surface area contributed by atoms with E-state index in [0.717, 1.165) is 23.5 Å². The van der Waals surface area contributed by atoms with Crippen molar-refractivity contribution in [3.63, 3.8) is 0 Å². The van der Waals surface area contributed by atoms with Gasteiger partial charge in [-0.25, -0.2) is 4.39 Å². The molecular formula is C23H32FOP. The molecule has 1 atom stereocenters. The van der Waals surface area contributed by atoms with Crippen LogP contribution < -0.4 is 10.6 Å². The molecule has 0 heterocycles. The van der Waals surface area contributed by atoms with E-state index in [2.05, 4.69) is 6.92 Å². The van der Waals surface area contributed by atoms with Crippen molar-refractivity contribution in [3.8, 4) is 0 Å². The zero-order valence-corrected chi connectivity index (χ0v) is 16.9. The number of halogens is 1. The van der Waals surface area contributed by atoms with Gasteiger partial charge in [0.2, 0.25) is 0 Å². The molecule has 3 heteroatoms. The third-order valence-electron chi connectivity index (χ3n) is 4.99. The molecule has 0 N–H and O–H groups in total. The molecule has 0 bridgehead atoms. The van der Waals surface area contributed by atoms with E-state index >= 15 is 0 Å². The minimum absolute atomic E-state index is 0.281. The Morgan fingerprint density at radius 3 is 1.77 bits per heavy atom. The first kappa shape index (κ1) is 20.9. The highest BCUT2D eigenvalue weighted by molar-refractivity contribution is 7.78. The van der Waals surface area contributed by atoms with Crippen molar-refractivity contribution in [2.24, 2.45) is 0 Å². The Kier molecular flexibility index (Phi) is 9.12. The maximum Gasteiger partial charge on any atom is 0.143 e. The standard InChI is InChI=1S/C23H32FOP/c1-2-3-4-5-6-7-8-9-13-20-26(25,22-14-11-10-12-15-22)23-18-16-21(24)17-19-23/h10-12,14-19H,2-9,13,20H2,1H3. The summed E-state index contributed by atoms with van der Waals surface area (Å²) in [5, 5.41) is 1.65. The normalized spacial score (nSPS) is 13.5. The first-order valence-corrected chi connectivity index (χ1v) is 12.0. The number of unbranched alkanes of at least 4 members (excludes halogenated alkanes) is 8. The molecule has 0 saturated carbocycles. The van der Waals surface area contributed by atoms with E-state index in [1.54, 1.807) is 12.1 Å². The van der Waals surface area contributed by atoms with E-state index < -0.39 is 7.14 Å². The first-order valence-electron chi connectivity index (χ1n) is 10.1. The molecule has 0 saturated heterocycles. The highest BCUT2D eigenvalue weighted by Gasteiger charge is 2.26. The van der Waals surface area contributed by atoms with Crippen LogP contribution in [-0.2, 0) is 4.57 Å². The van der Waals surface area contributed by atoms with Crippen LogP contribution in [0, 0.1) is 5.82 Å². The lowest BCUT2D eigenvalue weighted by atomic mass is 10.1. The smallest absolute Gasteiger partial charge is 0.143 e. The molecule has 1 unspecified atom stereocenters. The van der Waals surface area contributed by atoms with Crippen molar-refractivity contribution in [2.45, 2.75) is 64.7 Å². The molecule has 0 spiro atoms. The highest BCUT2D eigenvalue weighted by Crippen LogP contribution is 2.44. The fraction of sp³-hybridized carbons (Fsp3) is 0.478. The molecule has 0 aromatic heterocycles. The van der Waals surface area contributed by atoms with Crippen molar-refractivity contribution >= 4 is 17.8 Å². The molecule has 2 rings (SSSR count). The van der Waals surface area contributed by atoms with E-state index in [9.17, 15) is 8.96 Å². The van der Waals surface area contributed by atoms with Gasteiger partial charge in [-0.15, -0.1) is 0 Å². The quantitative estimate of drug-likeness (QED) is 0.299. The Labute approximate surface area is 158 Å². The molecule has 0 aliphatic carbocycles. The summed E-state index contributed by atoms with van der Waals surface area (Å²) in [6.07, 6.45) is 11.9. The molecule has 0 aliphatic rings. The van der Waals surface area contributed by atoms with Crippen LogP contribution in [0.1, 0.15) is 64.7 Å². The summed E-state index contributed by atoms with van der Waals surface area (Å²) in [4.78, 5) is 0. The molecule has 0 aliphatic heterocycles. The summed E-state index contributed by atoms with van der Waals surface area (Å²) in [7, 11) is -2.68. The van der Waals surface area contributed by atoms with Crippen LogP contribution in [0.2, 0.25) is 0 Å². The summed E-state index contributed by atoms with van der Waals surface area (Å²) in [5.74, 6) is -0.281. The van der Waals surface area contributed by atoms with Gasteiger partial charge in [-0.1, -0.05) is 88.6 Å². The Bertz CT molecular complexity index is 666. The Hall–Kier alpha value is -1.40. The second-order valence-corrected chi connectivity index (χ2v) is 10.1. The van der Waals surface area contributed by atoms with Crippen LogP contribution in [0.5, 0.6) is 0 Å². The van der Waals surface area contributed by atoms with Gasteiger partial charge < -0.3 is 4.57 Å². The third kappa shape index (κ3) is 6.40. The van der Waals surface area contributed by atoms with E-state index in [4.69, 9.17) is 0 Å². The van der Waals surface area contributed by atoms with Crippen LogP contribution in [0.4, 0.5) is 4.39 Å². The zero-order chi connectivity index (χ0) is 18.7. The van der Waals surface area contributed by atoms with E-state index in [1.165, 1.54) is 57.1 Å². The molecular weight excluding hydrogens is 342 g/mol. The molecule has 142 valence electrons. The molecule has 2 aromatic rings. The molecule has 26 heavy (non-hydrogen) atoms. The van der Waals surface area contributed by atoms with Gasteiger partial charge in [0.25, 0.3) is 0 Å². The van der Waals surface area contributed by atoms with Gasteiger partial charge in [0.05, 0.1) is 0 Å². The summed E-state index contributed by atoms with van der Waals surface area (Å²) in [6, 6.07) is 15.9. The summed E-state index contributed by atoms with van der Waals surface area (Å²) in [6.45, 7) is 2.24. The summed E-state index contributed by atoms with van der Waals surface area (Å²) < 4.78 is 27.1.